The van der Waals surface area contributed by atoms with E-state index < -0.39 is 5.97 Å². The average Bonchev–Trinajstić information content (AvgIpc) is 2.08. The molecule has 0 spiro atoms. The summed E-state index contributed by atoms with van der Waals surface area (Å²) in [6.45, 7) is 1.31. The molecule has 0 radical (unpaired) electrons. The second-order valence-corrected chi connectivity index (χ2v) is 2.61. The molecule has 0 bridgehead atoms. The van der Waals surface area contributed by atoms with Gasteiger partial charge in [0.25, 0.3) is 0 Å². The van der Waals surface area contributed by atoms with E-state index in [1.165, 1.54) is 13.1 Å². The zero-order valence-corrected chi connectivity index (χ0v) is 7.60. The Morgan fingerprint density at radius 1 is 1.54 bits per heavy atom. The van der Waals surface area contributed by atoms with E-state index in [-0.39, 0.29) is 0 Å². The minimum Gasteiger partial charge on any atom is -0.319 e. The van der Waals surface area contributed by atoms with Gasteiger partial charge in [0.05, 0.1) is 6.21 Å². The molecule has 4 nitrogen and oxygen atoms in total. The van der Waals surface area contributed by atoms with E-state index in [2.05, 4.69) is 9.99 Å². The van der Waals surface area contributed by atoms with Gasteiger partial charge < -0.3 is 4.84 Å². The molecule has 4 heteroatoms. The first-order valence-electron chi connectivity index (χ1n) is 3.85. The zero-order chi connectivity index (χ0) is 9.68. The molecule has 1 heterocycles. The van der Waals surface area contributed by atoms with Crippen LogP contribution in [0.15, 0.2) is 29.7 Å². The van der Waals surface area contributed by atoms with Crippen LogP contribution in [0, 0.1) is 0 Å². The lowest BCUT2D eigenvalue weighted by Gasteiger charge is -1.90. The normalized spacial score (nSPS) is 10.3. The van der Waals surface area contributed by atoms with E-state index in [4.69, 9.17) is 0 Å². The highest BCUT2D eigenvalue weighted by atomic mass is 16.7. The molecule has 0 N–H and O–H groups in total. The molecule has 0 saturated carbocycles. The molecule has 1 aromatic heterocycles. The molecule has 0 amide bonds. The molecule has 13 heavy (non-hydrogen) atoms. The Labute approximate surface area is 76.4 Å². The highest BCUT2D eigenvalue weighted by molar-refractivity contribution is 5.79. The van der Waals surface area contributed by atoms with Gasteiger partial charge in [0.15, 0.2) is 12.4 Å². The van der Waals surface area contributed by atoms with E-state index in [0.29, 0.717) is 0 Å². The molecular weight excluding hydrogens is 168 g/mol. The summed E-state index contributed by atoms with van der Waals surface area (Å²) in [4.78, 5) is 14.7. The molecular formula is C9H11N2O2+. The monoisotopic (exact) mass is 179 g/mol. The second-order valence-electron chi connectivity index (χ2n) is 2.61. The second kappa shape index (κ2) is 4.35. The first kappa shape index (κ1) is 9.38. The van der Waals surface area contributed by atoms with Crippen LogP contribution >= 0.6 is 0 Å². The lowest BCUT2D eigenvalue weighted by molar-refractivity contribution is -0.671. The molecule has 0 atom stereocenters. The molecule has 0 fully saturated rings. The van der Waals surface area contributed by atoms with Gasteiger partial charge in [0.1, 0.15) is 7.05 Å². The van der Waals surface area contributed by atoms with Gasteiger partial charge in [-0.3, -0.25) is 0 Å². The summed E-state index contributed by atoms with van der Waals surface area (Å²) >= 11 is 0. The van der Waals surface area contributed by atoms with Crippen LogP contribution in [0.1, 0.15) is 12.5 Å². The predicted octanol–water partition coefficient (Wildman–Crippen LogP) is 0.408. The Balaban J connectivity index is 2.59. The lowest BCUT2D eigenvalue weighted by Crippen LogP contribution is -2.25. The summed E-state index contributed by atoms with van der Waals surface area (Å²) in [6, 6.07) is 3.74. The topological polar surface area (TPSA) is 42.5 Å². The molecule has 0 aromatic carbocycles. The van der Waals surface area contributed by atoms with Crippen LogP contribution in [-0.2, 0) is 16.7 Å². The maximum atomic E-state index is 10.3. The predicted molar refractivity (Wildman–Crippen MR) is 47.0 cm³/mol. The molecule has 68 valence electrons. The molecule has 0 aliphatic heterocycles. The third-order valence-corrected chi connectivity index (χ3v) is 1.39. The first-order chi connectivity index (χ1) is 6.18. The third-order valence-electron chi connectivity index (χ3n) is 1.39. The Hall–Kier alpha value is -1.71. The number of carbonyl (C=O) groups excluding carboxylic acids is 1. The summed E-state index contributed by atoms with van der Waals surface area (Å²) < 4.78 is 1.91. The van der Waals surface area contributed by atoms with Crippen molar-refractivity contribution in [3.63, 3.8) is 0 Å². The van der Waals surface area contributed by atoms with E-state index in [9.17, 15) is 4.79 Å². The van der Waals surface area contributed by atoms with Crippen molar-refractivity contribution < 1.29 is 14.2 Å². The van der Waals surface area contributed by atoms with Crippen LogP contribution in [0.3, 0.4) is 0 Å². The first-order valence-corrected chi connectivity index (χ1v) is 3.85. The number of hydrogen-bond donors (Lipinski definition) is 0. The van der Waals surface area contributed by atoms with Crippen molar-refractivity contribution in [2.45, 2.75) is 6.92 Å². The van der Waals surface area contributed by atoms with Crippen LogP contribution in [0.25, 0.3) is 0 Å². The zero-order valence-electron chi connectivity index (χ0n) is 7.60. The maximum Gasteiger partial charge on any atom is 0.331 e. The van der Waals surface area contributed by atoms with Gasteiger partial charge in [0, 0.05) is 24.6 Å². The van der Waals surface area contributed by atoms with Gasteiger partial charge in [-0.15, -0.1) is 0 Å². The van der Waals surface area contributed by atoms with Crippen LogP contribution in [0.5, 0.6) is 0 Å². The van der Waals surface area contributed by atoms with Crippen LogP contribution in [0.4, 0.5) is 0 Å². The number of pyridine rings is 1. The highest BCUT2D eigenvalue weighted by Gasteiger charge is 1.92. The van der Waals surface area contributed by atoms with Crippen LogP contribution in [0.2, 0.25) is 0 Å². The van der Waals surface area contributed by atoms with E-state index in [0.717, 1.165) is 5.56 Å². The number of carbonyl (C=O) groups is 1. The Bertz CT molecular complexity index is 317. The van der Waals surface area contributed by atoms with Crippen molar-refractivity contribution in [2.24, 2.45) is 12.2 Å². The van der Waals surface area contributed by atoms with Crippen molar-refractivity contribution in [1.82, 2.24) is 0 Å². The number of aryl methyl sites for hydroxylation is 1. The van der Waals surface area contributed by atoms with Gasteiger partial charge in [-0.1, -0.05) is 5.16 Å². The molecule has 1 rings (SSSR count). The van der Waals surface area contributed by atoms with Crippen LogP contribution < -0.4 is 4.57 Å². The number of rotatable bonds is 2. The molecule has 0 aliphatic rings. The standard InChI is InChI=1S/C9H11N2O2/c1-8(12)13-10-7-9-3-5-11(2)6-4-9/h3-7H,1-2H3/q+1/b10-7+. The number of nitrogens with zero attached hydrogens (tertiary/aromatic N) is 2. The average molecular weight is 179 g/mol. The van der Waals surface area contributed by atoms with Gasteiger partial charge in [-0.2, -0.15) is 0 Å². The number of aromatic nitrogens is 1. The summed E-state index contributed by atoms with van der Waals surface area (Å²) in [6.07, 6.45) is 5.26. The Morgan fingerprint density at radius 2 is 2.15 bits per heavy atom. The lowest BCUT2D eigenvalue weighted by atomic mass is 10.3. The van der Waals surface area contributed by atoms with E-state index in [1.807, 2.05) is 36.1 Å². The summed E-state index contributed by atoms with van der Waals surface area (Å²) in [7, 11) is 1.92. The molecule has 0 saturated heterocycles. The molecule has 0 unspecified atom stereocenters. The fraction of sp³-hybridized carbons (Fsp3) is 0.222. The van der Waals surface area contributed by atoms with Crippen molar-refractivity contribution in [1.29, 1.82) is 0 Å². The van der Waals surface area contributed by atoms with Crippen molar-refractivity contribution in [3.05, 3.63) is 30.1 Å². The Kier molecular flexibility index (Phi) is 3.14. The number of hydrogen-bond acceptors (Lipinski definition) is 3. The molecule has 1 aromatic rings. The fourth-order valence-corrected chi connectivity index (χ4v) is 0.760. The van der Waals surface area contributed by atoms with Crippen molar-refractivity contribution in [3.8, 4) is 0 Å². The largest absolute Gasteiger partial charge is 0.331 e. The SMILES string of the molecule is CC(=O)O/N=C/c1cc[n+](C)cc1. The quantitative estimate of drug-likeness (QED) is 0.285. The van der Waals surface area contributed by atoms with Gasteiger partial charge in [0.2, 0.25) is 0 Å². The number of oxime groups is 1. The highest BCUT2D eigenvalue weighted by Crippen LogP contribution is 1.90. The van der Waals surface area contributed by atoms with Crippen LogP contribution in [-0.4, -0.2) is 12.2 Å². The summed E-state index contributed by atoms with van der Waals surface area (Å²) in [5.74, 6) is -0.419. The van der Waals surface area contributed by atoms with Crippen molar-refractivity contribution >= 4 is 12.2 Å². The van der Waals surface area contributed by atoms with Gasteiger partial charge >= 0.3 is 5.97 Å². The summed E-state index contributed by atoms with van der Waals surface area (Å²) in [5, 5.41) is 3.49. The maximum absolute atomic E-state index is 10.3. The van der Waals surface area contributed by atoms with Gasteiger partial charge in [-0.25, -0.2) is 9.36 Å². The van der Waals surface area contributed by atoms with E-state index >= 15 is 0 Å². The minimum atomic E-state index is -0.419. The van der Waals surface area contributed by atoms with E-state index in [1.54, 1.807) is 0 Å². The fourth-order valence-electron chi connectivity index (χ4n) is 0.760. The minimum absolute atomic E-state index is 0.419. The van der Waals surface area contributed by atoms with Gasteiger partial charge in [-0.05, 0) is 0 Å². The molecule has 0 aliphatic carbocycles. The summed E-state index contributed by atoms with van der Waals surface area (Å²) in [5.41, 5.74) is 0.888. The smallest absolute Gasteiger partial charge is 0.319 e. The Morgan fingerprint density at radius 3 is 2.69 bits per heavy atom. The third kappa shape index (κ3) is 3.46. The van der Waals surface area contributed by atoms with Crippen molar-refractivity contribution in [2.75, 3.05) is 0 Å².